The number of aromatic nitrogens is 5. The zero-order valence-corrected chi connectivity index (χ0v) is 15.0. The molecule has 132 valence electrons. The van der Waals surface area contributed by atoms with Crippen LogP contribution in [0.3, 0.4) is 0 Å². The van der Waals surface area contributed by atoms with Gasteiger partial charge in [-0.2, -0.15) is 5.10 Å². The normalized spacial score (nSPS) is 11.2. The molecule has 0 aliphatic heterocycles. The van der Waals surface area contributed by atoms with Crippen molar-refractivity contribution in [3.63, 3.8) is 0 Å². The average molecular weight is 371 g/mol. The van der Waals surface area contributed by atoms with Gasteiger partial charge in [-0.15, -0.1) is 0 Å². The number of anilines is 1. The van der Waals surface area contributed by atoms with Gasteiger partial charge in [0.2, 0.25) is 0 Å². The van der Waals surface area contributed by atoms with E-state index >= 15 is 0 Å². The van der Waals surface area contributed by atoms with Gasteiger partial charge in [0.05, 0.1) is 17.1 Å². The Morgan fingerprint density at radius 2 is 2.12 bits per heavy atom. The van der Waals surface area contributed by atoms with Gasteiger partial charge in [-0.3, -0.25) is 0 Å². The quantitative estimate of drug-likeness (QED) is 0.591. The van der Waals surface area contributed by atoms with E-state index in [1.54, 1.807) is 23.1 Å². The molecule has 3 heterocycles. The maximum absolute atomic E-state index is 14.1. The van der Waals surface area contributed by atoms with Gasteiger partial charge in [0.15, 0.2) is 5.65 Å². The van der Waals surface area contributed by atoms with Gasteiger partial charge in [-0.25, -0.2) is 19.0 Å². The summed E-state index contributed by atoms with van der Waals surface area (Å²) in [5.41, 5.74) is 4.70. The van der Waals surface area contributed by atoms with Crippen LogP contribution in [0.15, 0.2) is 43.1 Å². The van der Waals surface area contributed by atoms with Gasteiger partial charge in [0, 0.05) is 29.0 Å². The minimum Gasteiger partial charge on any atom is -0.378 e. The zero-order chi connectivity index (χ0) is 18.3. The fourth-order valence-electron chi connectivity index (χ4n) is 2.84. The molecule has 0 spiro atoms. The summed E-state index contributed by atoms with van der Waals surface area (Å²) in [7, 11) is 0. The molecule has 8 heteroatoms. The van der Waals surface area contributed by atoms with Crippen LogP contribution >= 0.6 is 11.6 Å². The van der Waals surface area contributed by atoms with Crippen LogP contribution in [0.4, 0.5) is 10.1 Å². The van der Waals surface area contributed by atoms with Gasteiger partial charge in [0.25, 0.3) is 0 Å². The molecule has 0 unspecified atom stereocenters. The second kappa shape index (κ2) is 6.42. The van der Waals surface area contributed by atoms with Crippen molar-refractivity contribution in [1.29, 1.82) is 0 Å². The number of pyridine rings is 1. The van der Waals surface area contributed by atoms with Crippen LogP contribution in [0.5, 0.6) is 0 Å². The summed E-state index contributed by atoms with van der Waals surface area (Å²) in [6.07, 6.45) is 5.04. The first-order chi connectivity index (χ1) is 12.5. The van der Waals surface area contributed by atoms with E-state index in [4.69, 9.17) is 11.6 Å². The number of rotatable bonds is 4. The summed E-state index contributed by atoms with van der Waals surface area (Å²) in [6.45, 7) is 4.19. The van der Waals surface area contributed by atoms with Crippen LogP contribution in [-0.4, -0.2) is 24.1 Å². The third kappa shape index (κ3) is 2.80. The van der Waals surface area contributed by atoms with Crippen molar-refractivity contribution >= 4 is 22.9 Å². The average Bonchev–Trinajstić information content (AvgIpc) is 3.24. The Morgan fingerprint density at radius 1 is 1.27 bits per heavy atom. The number of imidazole rings is 1. The molecule has 6 nitrogen and oxygen atoms in total. The van der Waals surface area contributed by atoms with Crippen LogP contribution in [0.2, 0.25) is 5.02 Å². The van der Waals surface area contributed by atoms with Crippen LogP contribution in [0.25, 0.3) is 11.3 Å². The first-order valence-corrected chi connectivity index (χ1v) is 8.43. The number of hydrogen-bond acceptors (Lipinski definition) is 4. The molecule has 1 N–H and O–H groups in total. The lowest BCUT2D eigenvalue weighted by atomic mass is 10.2. The van der Waals surface area contributed by atoms with Crippen molar-refractivity contribution < 1.29 is 4.39 Å². The highest BCUT2D eigenvalue weighted by Gasteiger charge is 2.13. The summed E-state index contributed by atoms with van der Waals surface area (Å²) in [5.74, 6) is -0.343. The second-order valence-corrected chi connectivity index (χ2v) is 6.39. The Hall–Kier alpha value is -2.93. The highest BCUT2D eigenvalue weighted by molar-refractivity contribution is 6.31. The second-order valence-electron chi connectivity index (χ2n) is 5.98. The fraction of sp³-hybridized carbons (Fsp3) is 0.167. The molecule has 4 aromatic rings. The Bertz CT molecular complexity index is 1070. The van der Waals surface area contributed by atoms with Gasteiger partial charge in [-0.1, -0.05) is 17.7 Å². The van der Waals surface area contributed by atoms with Gasteiger partial charge in [-0.05, 0) is 32.0 Å². The van der Waals surface area contributed by atoms with Crippen LogP contribution in [-0.2, 0) is 6.54 Å². The Kier molecular flexibility index (Phi) is 4.08. The minimum absolute atomic E-state index is 0.243. The van der Waals surface area contributed by atoms with Crippen molar-refractivity contribution in [2.75, 3.05) is 5.32 Å². The lowest BCUT2D eigenvalue weighted by Gasteiger charge is -2.12. The maximum Gasteiger partial charge on any atom is 0.160 e. The fourth-order valence-corrected chi connectivity index (χ4v) is 3.07. The summed E-state index contributed by atoms with van der Waals surface area (Å²) in [4.78, 5) is 8.61. The van der Waals surface area contributed by atoms with Crippen molar-refractivity contribution in [3.05, 3.63) is 70.9 Å². The van der Waals surface area contributed by atoms with Crippen molar-refractivity contribution in [3.8, 4) is 5.69 Å². The number of nitrogens with zero attached hydrogens (tertiary/aromatic N) is 5. The number of benzene rings is 1. The molecule has 0 bridgehead atoms. The smallest absolute Gasteiger partial charge is 0.160 e. The highest BCUT2D eigenvalue weighted by atomic mass is 35.5. The van der Waals surface area contributed by atoms with E-state index in [1.807, 2.05) is 30.5 Å². The van der Waals surface area contributed by atoms with E-state index in [2.05, 4.69) is 20.4 Å². The lowest BCUT2D eigenvalue weighted by Crippen LogP contribution is -2.06. The Labute approximate surface area is 154 Å². The number of fused-ring (bicyclic) bond motifs is 1. The van der Waals surface area contributed by atoms with Gasteiger partial charge in [0.1, 0.15) is 18.5 Å². The molecule has 0 saturated carbocycles. The summed E-state index contributed by atoms with van der Waals surface area (Å²) >= 11 is 6.13. The van der Waals surface area contributed by atoms with Gasteiger partial charge < -0.3 is 9.72 Å². The number of nitrogens with one attached hydrogen (secondary N) is 1. The van der Waals surface area contributed by atoms with E-state index in [0.717, 1.165) is 28.4 Å². The standard InChI is InChI=1S/C18H16ClFN6/c1-11-12(2)25-8-13(26-10-21-9-23-26)6-17(18(25)24-11)22-7-14-15(19)4-3-5-16(14)20/h3-6,8-10,22H,7H2,1-2H3. The Balaban J connectivity index is 1.79. The molecule has 0 atom stereocenters. The summed E-state index contributed by atoms with van der Waals surface area (Å²) < 4.78 is 17.7. The summed E-state index contributed by atoms with van der Waals surface area (Å²) in [5, 5.41) is 7.83. The molecular weight excluding hydrogens is 355 g/mol. The van der Waals surface area contributed by atoms with E-state index in [1.165, 1.54) is 12.4 Å². The molecular formula is C18H16ClFN6. The molecule has 0 aliphatic carbocycles. The van der Waals surface area contributed by atoms with E-state index < -0.39 is 0 Å². The zero-order valence-electron chi connectivity index (χ0n) is 14.2. The van der Waals surface area contributed by atoms with E-state index in [9.17, 15) is 4.39 Å². The minimum atomic E-state index is -0.343. The largest absolute Gasteiger partial charge is 0.378 e. The SMILES string of the molecule is Cc1nc2c(NCc3c(F)cccc3Cl)cc(-n3cncn3)cn2c1C. The molecule has 26 heavy (non-hydrogen) atoms. The van der Waals surface area contributed by atoms with Crippen LogP contribution < -0.4 is 5.32 Å². The molecule has 0 radical (unpaired) electrons. The molecule has 1 aromatic carbocycles. The summed E-state index contributed by atoms with van der Waals surface area (Å²) in [6, 6.07) is 6.57. The molecule has 3 aromatic heterocycles. The first kappa shape index (κ1) is 16.5. The van der Waals surface area contributed by atoms with Crippen molar-refractivity contribution in [1.82, 2.24) is 24.1 Å². The first-order valence-electron chi connectivity index (χ1n) is 8.05. The highest BCUT2D eigenvalue weighted by Crippen LogP contribution is 2.26. The monoisotopic (exact) mass is 370 g/mol. The predicted octanol–water partition coefficient (Wildman–Crippen LogP) is 3.94. The van der Waals surface area contributed by atoms with Crippen molar-refractivity contribution in [2.45, 2.75) is 20.4 Å². The Morgan fingerprint density at radius 3 is 2.85 bits per heavy atom. The van der Waals surface area contributed by atoms with E-state index in [0.29, 0.717) is 10.6 Å². The predicted molar refractivity (Wildman–Crippen MR) is 98.3 cm³/mol. The molecule has 0 fully saturated rings. The van der Waals surface area contributed by atoms with Gasteiger partial charge >= 0.3 is 0 Å². The maximum atomic E-state index is 14.1. The third-order valence-corrected chi connectivity index (χ3v) is 4.74. The lowest BCUT2D eigenvalue weighted by molar-refractivity contribution is 0.613. The topological polar surface area (TPSA) is 60.0 Å². The molecule has 0 saturated heterocycles. The number of halogens is 2. The molecule has 0 amide bonds. The third-order valence-electron chi connectivity index (χ3n) is 4.38. The molecule has 4 rings (SSSR count). The van der Waals surface area contributed by atoms with Crippen molar-refractivity contribution in [2.24, 2.45) is 0 Å². The number of aryl methyl sites for hydroxylation is 2. The van der Waals surface area contributed by atoms with Crippen LogP contribution in [0.1, 0.15) is 17.0 Å². The van der Waals surface area contributed by atoms with E-state index in [-0.39, 0.29) is 12.4 Å². The number of hydrogen-bond donors (Lipinski definition) is 1. The van der Waals surface area contributed by atoms with Crippen LogP contribution in [0, 0.1) is 19.7 Å². The molecule has 0 aliphatic rings.